The normalized spacial score (nSPS) is 16.2. The van der Waals surface area contributed by atoms with Gasteiger partial charge in [0, 0.05) is 6.54 Å². The first-order valence-electron chi connectivity index (χ1n) is 6.20. The standard InChI is InChI=1S/C13H16F2N2O2/c14-9-2-1-3-10(15)13(9)17-12(19)7-16-6-11(18)8-4-5-8/h1-3,8,11,16,18H,4-7H2,(H,17,19). The van der Waals surface area contributed by atoms with Gasteiger partial charge in [0.25, 0.3) is 0 Å². The van der Waals surface area contributed by atoms with Gasteiger partial charge in [0.1, 0.15) is 17.3 Å². The van der Waals surface area contributed by atoms with Crippen LogP contribution in [0, 0.1) is 17.6 Å². The molecule has 104 valence electrons. The minimum Gasteiger partial charge on any atom is -0.392 e. The van der Waals surface area contributed by atoms with Crippen molar-refractivity contribution in [3.05, 3.63) is 29.8 Å². The van der Waals surface area contributed by atoms with Crippen molar-refractivity contribution in [1.29, 1.82) is 0 Å². The Kier molecular flexibility index (Phi) is 4.44. The maximum absolute atomic E-state index is 13.3. The number of anilines is 1. The number of hydrogen-bond donors (Lipinski definition) is 3. The van der Waals surface area contributed by atoms with Crippen molar-refractivity contribution < 1.29 is 18.7 Å². The average molecular weight is 270 g/mol. The Morgan fingerprint density at radius 2 is 2.00 bits per heavy atom. The van der Waals surface area contributed by atoms with Gasteiger partial charge in [0.05, 0.1) is 12.6 Å². The summed E-state index contributed by atoms with van der Waals surface area (Å²) in [6.45, 7) is 0.204. The van der Waals surface area contributed by atoms with Crippen LogP contribution in [0.25, 0.3) is 0 Å². The van der Waals surface area contributed by atoms with Gasteiger partial charge in [-0.3, -0.25) is 4.79 Å². The lowest BCUT2D eigenvalue weighted by atomic mass is 10.2. The number of nitrogens with one attached hydrogen (secondary N) is 2. The fourth-order valence-electron chi connectivity index (χ4n) is 1.78. The Balaban J connectivity index is 1.77. The summed E-state index contributed by atoms with van der Waals surface area (Å²) in [5, 5.41) is 14.5. The molecule has 1 aliphatic carbocycles. The summed E-state index contributed by atoms with van der Waals surface area (Å²) in [7, 11) is 0. The maximum Gasteiger partial charge on any atom is 0.238 e. The van der Waals surface area contributed by atoms with Crippen molar-refractivity contribution in [2.45, 2.75) is 18.9 Å². The first-order valence-corrected chi connectivity index (χ1v) is 6.20. The molecule has 0 aliphatic heterocycles. The fraction of sp³-hybridized carbons (Fsp3) is 0.462. The lowest BCUT2D eigenvalue weighted by Gasteiger charge is -2.11. The van der Waals surface area contributed by atoms with Crippen molar-refractivity contribution >= 4 is 11.6 Å². The van der Waals surface area contributed by atoms with Gasteiger partial charge in [-0.25, -0.2) is 8.78 Å². The van der Waals surface area contributed by atoms with Crippen LogP contribution < -0.4 is 10.6 Å². The molecular formula is C13H16F2N2O2. The number of aliphatic hydroxyl groups excluding tert-OH is 1. The van der Waals surface area contributed by atoms with Crippen LogP contribution in [-0.4, -0.2) is 30.2 Å². The zero-order valence-electron chi connectivity index (χ0n) is 10.3. The van der Waals surface area contributed by atoms with Crippen LogP contribution in [0.2, 0.25) is 0 Å². The predicted molar refractivity (Wildman–Crippen MR) is 66.6 cm³/mol. The van der Waals surface area contributed by atoms with Gasteiger partial charge >= 0.3 is 0 Å². The molecule has 1 amide bonds. The summed E-state index contributed by atoms with van der Waals surface area (Å²) in [4.78, 5) is 11.5. The van der Waals surface area contributed by atoms with Gasteiger partial charge < -0.3 is 15.7 Å². The van der Waals surface area contributed by atoms with E-state index in [1.807, 2.05) is 0 Å². The first kappa shape index (κ1) is 13.9. The van der Waals surface area contributed by atoms with Gasteiger partial charge in [-0.15, -0.1) is 0 Å². The number of rotatable bonds is 6. The van der Waals surface area contributed by atoms with Crippen molar-refractivity contribution in [2.24, 2.45) is 5.92 Å². The van der Waals surface area contributed by atoms with E-state index < -0.39 is 29.3 Å². The number of hydrogen-bond acceptors (Lipinski definition) is 3. The van der Waals surface area contributed by atoms with E-state index in [1.165, 1.54) is 6.07 Å². The average Bonchev–Trinajstić information content (AvgIpc) is 3.18. The van der Waals surface area contributed by atoms with E-state index in [2.05, 4.69) is 10.6 Å². The highest BCUT2D eigenvalue weighted by Gasteiger charge is 2.29. The molecule has 3 N–H and O–H groups in total. The summed E-state index contributed by atoms with van der Waals surface area (Å²) in [6.07, 6.45) is 1.56. The third kappa shape index (κ3) is 3.97. The molecule has 0 bridgehead atoms. The fourth-order valence-corrected chi connectivity index (χ4v) is 1.78. The van der Waals surface area contributed by atoms with Crippen LogP contribution in [0.5, 0.6) is 0 Å². The van der Waals surface area contributed by atoms with Crippen LogP contribution in [0.1, 0.15) is 12.8 Å². The number of benzene rings is 1. The van der Waals surface area contributed by atoms with Crippen LogP contribution in [0.15, 0.2) is 18.2 Å². The maximum atomic E-state index is 13.3. The first-order chi connectivity index (χ1) is 9.08. The van der Waals surface area contributed by atoms with Gasteiger partial charge in [-0.05, 0) is 30.9 Å². The quantitative estimate of drug-likeness (QED) is 0.729. The topological polar surface area (TPSA) is 61.4 Å². The smallest absolute Gasteiger partial charge is 0.238 e. The molecule has 1 atom stereocenters. The Bertz CT molecular complexity index is 444. The van der Waals surface area contributed by atoms with E-state index in [-0.39, 0.29) is 6.54 Å². The van der Waals surface area contributed by atoms with E-state index in [0.717, 1.165) is 25.0 Å². The van der Waals surface area contributed by atoms with Crippen molar-refractivity contribution in [2.75, 3.05) is 18.4 Å². The van der Waals surface area contributed by atoms with Gasteiger partial charge in [-0.1, -0.05) is 6.07 Å². The molecule has 0 aromatic heterocycles. The molecule has 19 heavy (non-hydrogen) atoms. The third-order valence-electron chi connectivity index (χ3n) is 3.03. The molecule has 2 rings (SSSR count). The molecule has 1 unspecified atom stereocenters. The largest absolute Gasteiger partial charge is 0.392 e. The van der Waals surface area contributed by atoms with Crippen LogP contribution in [0.3, 0.4) is 0 Å². The molecule has 1 aromatic carbocycles. The van der Waals surface area contributed by atoms with Crippen LogP contribution >= 0.6 is 0 Å². The van der Waals surface area contributed by atoms with Crippen LogP contribution in [-0.2, 0) is 4.79 Å². The van der Waals surface area contributed by atoms with E-state index in [1.54, 1.807) is 0 Å². The van der Waals surface area contributed by atoms with Crippen molar-refractivity contribution in [3.8, 4) is 0 Å². The van der Waals surface area contributed by atoms with Crippen LogP contribution in [0.4, 0.5) is 14.5 Å². The summed E-state index contributed by atoms with van der Waals surface area (Å²) >= 11 is 0. The molecule has 1 aromatic rings. The highest BCUT2D eigenvalue weighted by atomic mass is 19.1. The SMILES string of the molecule is O=C(CNCC(O)C1CC1)Nc1c(F)cccc1F. The predicted octanol–water partition coefficient (Wildman–Crippen LogP) is 1.26. The minimum atomic E-state index is -0.814. The lowest BCUT2D eigenvalue weighted by molar-refractivity contribution is -0.115. The molecule has 0 heterocycles. The molecule has 0 spiro atoms. The number of halogens is 2. The lowest BCUT2D eigenvalue weighted by Crippen LogP contribution is -2.34. The van der Waals surface area contributed by atoms with Gasteiger partial charge in [-0.2, -0.15) is 0 Å². The summed E-state index contributed by atoms with van der Waals surface area (Å²) < 4.78 is 26.5. The second-order valence-electron chi connectivity index (χ2n) is 4.68. The third-order valence-corrected chi connectivity index (χ3v) is 3.03. The number of amides is 1. The van der Waals surface area contributed by atoms with E-state index in [4.69, 9.17) is 0 Å². The molecule has 1 fully saturated rings. The molecule has 0 saturated heterocycles. The zero-order chi connectivity index (χ0) is 13.8. The molecule has 0 radical (unpaired) electrons. The number of carbonyl (C=O) groups is 1. The number of carbonyl (C=O) groups excluding carboxylic acids is 1. The summed E-state index contributed by atoms with van der Waals surface area (Å²) in [5.74, 6) is -1.86. The Labute approximate surface area is 109 Å². The number of para-hydroxylation sites is 1. The Morgan fingerprint density at radius 3 is 2.58 bits per heavy atom. The molecular weight excluding hydrogens is 254 g/mol. The monoisotopic (exact) mass is 270 g/mol. The zero-order valence-corrected chi connectivity index (χ0v) is 10.3. The van der Waals surface area contributed by atoms with Gasteiger partial charge in [0.2, 0.25) is 5.91 Å². The molecule has 4 nitrogen and oxygen atoms in total. The minimum absolute atomic E-state index is 0.0996. The highest BCUT2D eigenvalue weighted by Crippen LogP contribution is 2.32. The van der Waals surface area contributed by atoms with Crippen molar-refractivity contribution in [1.82, 2.24) is 5.32 Å². The Morgan fingerprint density at radius 1 is 1.37 bits per heavy atom. The van der Waals surface area contributed by atoms with Gasteiger partial charge in [0.15, 0.2) is 0 Å². The second kappa shape index (κ2) is 6.08. The van der Waals surface area contributed by atoms with Crippen molar-refractivity contribution in [3.63, 3.8) is 0 Å². The van der Waals surface area contributed by atoms with E-state index >= 15 is 0 Å². The van der Waals surface area contributed by atoms with E-state index in [9.17, 15) is 18.7 Å². The molecule has 1 saturated carbocycles. The summed E-state index contributed by atoms with van der Waals surface area (Å²) in [5.41, 5.74) is -0.447. The number of aliphatic hydroxyl groups is 1. The molecule has 1 aliphatic rings. The summed E-state index contributed by atoms with van der Waals surface area (Å²) in [6, 6.07) is 3.37. The Hall–Kier alpha value is -1.53. The second-order valence-corrected chi connectivity index (χ2v) is 4.68. The highest BCUT2D eigenvalue weighted by molar-refractivity contribution is 5.92. The van der Waals surface area contributed by atoms with E-state index in [0.29, 0.717) is 12.5 Å². The molecule has 6 heteroatoms.